The summed E-state index contributed by atoms with van der Waals surface area (Å²) in [7, 11) is 7.15. The van der Waals surface area contributed by atoms with E-state index in [4.69, 9.17) is 15.2 Å². The number of thioether (sulfide) groups is 2. The largest absolute Gasteiger partial charge is 0.368 e. The first-order valence-electron chi connectivity index (χ1n) is 11.7. The van der Waals surface area contributed by atoms with E-state index in [1.165, 1.54) is 23.5 Å². The van der Waals surface area contributed by atoms with E-state index >= 15 is 0 Å². The topological polar surface area (TPSA) is 109 Å². The van der Waals surface area contributed by atoms with Crippen LogP contribution in [0.3, 0.4) is 0 Å². The Morgan fingerprint density at radius 2 is 1.62 bits per heavy atom. The van der Waals surface area contributed by atoms with Crippen LogP contribution in [0.5, 0.6) is 0 Å². The van der Waals surface area contributed by atoms with Crippen LogP contribution < -0.4 is 16.4 Å². The lowest BCUT2D eigenvalue weighted by Gasteiger charge is -2.51. The van der Waals surface area contributed by atoms with Gasteiger partial charge in [0.25, 0.3) is 0 Å². The number of carbonyl (C=O) groups is 2. The third-order valence-corrected chi connectivity index (χ3v) is 9.76. The first kappa shape index (κ1) is 31.5. The van der Waals surface area contributed by atoms with Crippen molar-refractivity contribution in [1.82, 2.24) is 20.4 Å². The third kappa shape index (κ3) is 7.47. The average molecular weight is 522 g/mol. The molecular formula is C23H47N5O4S2. The van der Waals surface area contributed by atoms with Gasteiger partial charge < -0.3 is 25.8 Å². The highest BCUT2D eigenvalue weighted by atomic mass is 32.2. The first-order valence-corrected chi connectivity index (χ1v) is 13.7. The van der Waals surface area contributed by atoms with E-state index in [0.717, 1.165) is 6.54 Å². The van der Waals surface area contributed by atoms with Crippen molar-refractivity contribution in [2.45, 2.75) is 62.6 Å². The molecule has 2 amide bonds. The molecule has 1 aliphatic heterocycles. The van der Waals surface area contributed by atoms with Crippen molar-refractivity contribution in [3.63, 3.8) is 0 Å². The molecular weight excluding hydrogens is 474 g/mol. The predicted octanol–water partition coefficient (Wildman–Crippen LogP) is 1.38. The van der Waals surface area contributed by atoms with Crippen LogP contribution in [0.25, 0.3) is 0 Å². The second-order valence-corrected chi connectivity index (χ2v) is 13.3. The molecule has 200 valence electrons. The molecule has 0 radical (unpaired) electrons. The van der Waals surface area contributed by atoms with Gasteiger partial charge in [-0.1, -0.05) is 0 Å². The molecule has 0 aromatic carbocycles. The van der Waals surface area contributed by atoms with Crippen LogP contribution in [0.4, 0.5) is 0 Å². The molecule has 1 rings (SSSR count). The fraction of sp³-hybridized carbons (Fsp3) is 0.913. The highest BCUT2D eigenvalue weighted by Gasteiger charge is 2.59. The number of primary amides is 1. The van der Waals surface area contributed by atoms with Crippen LogP contribution in [-0.2, 0) is 19.1 Å². The van der Waals surface area contributed by atoms with Gasteiger partial charge in [-0.25, -0.2) is 0 Å². The van der Waals surface area contributed by atoms with Crippen molar-refractivity contribution in [2.24, 2.45) is 11.7 Å². The standard InChI is InChI=1S/C23H47N5O4S2/c1-20(2)27(8)13-14-28(20)23(19(24)30,16-34-22(5,6)32-10)17(15-33-21(3,4)31-9)18(29)26-12-11-25-7/h17,25H,11-16H2,1-10H3,(H2,24,30)(H,26,29)/t17-,23?/m0/s1. The number of carbonyl (C=O) groups excluding carboxylic acids is 2. The van der Waals surface area contributed by atoms with Gasteiger partial charge in [-0.15, -0.1) is 23.5 Å². The molecule has 0 aromatic rings. The van der Waals surface area contributed by atoms with E-state index < -0.39 is 32.9 Å². The van der Waals surface area contributed by atoms with Crippen molar-refractivity contribution in [1.29, 1.82) is 0 Å². The third-order valence-electron chi connectivity index (χ3n) is 6.95. The van der Waals surface area contributed by atoms with Gasteiger partial charge in [-0.05, 0) is 55.6 Å². The maximum atomic E-state index is 13.7. The zero-order chi connectivity index (χ0) is 26.4. The van der Waals surface area contributed by atoms with Crippen LogP contribution in [0, 0.1) is 5.92 Å². The Labute approximate surface area is 215 Å². The molecule has 4 N–H and O–H groups in total. The Kier molecular flexibility index (Phi) is 11.7. The molecule has 1 unspecified atom stereocenters. The Morgan fingerprint density at radius 3 is 2.06 bits per heavy atom. The Bertz CT molecular complexity index is 692. The van der Waals surface area contributed by atoms with E-state index in [9.17, 15) is 9.59 Å². The number of nitrogens with two attached hydrogens (primary N) is 1. The monoisotopic (exact) mass is 521 g/mol. The van der Waals surface area contributed by atoms with Crippen LogP contribution in [0.15, 0.2) is 0 Å². The van der Waals surface area contributed by atoms with Gasteiger partial charge in [0.1, 0.15) is 15.4 Å². The molecule has 0 saturated carbocycles. The summed E-state index contributed by atoms with van der Waals surface area (Å²) in [6.07, 6.45) is 0. The highest BCUT2D eigenvalue weighted by molar-refractivity contribution is 8.00. The van der Waals surface area contributed by atoms with Gasteiger partial charge >= 0.3 is 0 Å². The molecule has 0 bridgehead atoms. The van der Waals surface area contributed by atoms with E-state index in [0.29, 0.717) is 31.1 Å². The Balaban J connectivity index is 3.62. The van der Waals surface area contributed by atoms with Crippen molar-refractivity contribution < 1.29 is 19.1 Å². The SMILES string of the molecule is CNCCNC(=O)[C@H](CSC(C)(C)OC)C(CSC(C)(C)OC)(C(N)=O)N1CCN(C)C1(C)C. The van der Waals surface area contributed by atoms with Gasteiger partial charge in [0, 0.05) is 51.9 Å². The van der Waals surface area contributed by atoms with Gasteiger partial charge in [0.05, 0.1) is 11.6 Å². The number of nitrogens with zero attached hydrogens (tertiary/aromatic N) is 2. The number of ether oxygens (including phenoxy) is 2. The fourth-order valence-corrected chi connectivity index (χ4v) is 6.28. The van der Waals surface area contributed by atoms with Crippen molar-refractivity contribution in [2.75, 3.05) is 66.0 Å². The molecule has 9 nitrogen and oxygen atoms in total. The summed E-state index contributed by atoms with van der Waals surface area (Å²) in [5.74, 6) is -0.695. The molecule has 0 spiro atoms. The van der Waals surface area contributed by atoms with Crippen LogP contribution in [0.1, 0.15) is 41.5 Å². The summed E-state index contributed by atoms with van der Waals surface area (Å²) in [5.41, 5.74) is 4.55. The first-order chi connectivity index (χ1) is 15.6. The second-order valence-electron chi connectivity index (χ2n) is 10.1. The predicted molar refractivity (Wildman–Crippen MR) is 143 cm³/mol. The molecule has 2 atom stereocenters. The van der Waals surface area contributed by atoms with E-state index in [1.807, 2.05) is 41.8 Å². The molecule has 1 heterocycles. The van der Waals surface area contributed by atoms with Gasteiger partial charge in [0.15, 0.2) is 0 Å². The Morgan fingerprint density at radius 1 is 1.06 bits per heavy atom. The van der Waals surface area contributed by atoms with Gasteiger partial charge in [-0.2, -0.15) is 0 Å². The number of amides is 2. The zero-order valence-corrected chi connectivity index (χ0v) is 24.4. The molecule has 1 aliphatic rings. The molecule has 0 aromatic heterocycles. The lowest BCUT2D eigenvalue weighted by atomic mass is 9.81. The fourth-order valence-electron chi connectivity index (χ4n) is 3.98. The van der Waals surface area contributed by atoms with E-state index in [2.05, 4.69) is 34.3 Å². The second kappa shape index (κ2) is 12.6. The summed E-state index contributed by atoms with van der Waals surface area (Å²) in [6, 6.07) is 0. The average Bonchev–Trinajstić information content (AvgIpc) is 3.03. The maximum Gasteiger partial charge on any atom is 0.239 e. The minimum Gasteiger partial charge on any atom is -0.368 e. The maximum absolute atomic E-state index is 13.7. The van der Waals surface area contributed by atoms with Crippen LogP contribution >= 0.6 is 23.5 Å². The molecule has 1 fully saturated rings. The number of nitrogens with one attached hydrogen (secondary N) is 2. The number of hydrogen-bond donors (Lipinski definition) is 3. The summed E-state index contributed by atoms with van der Waals surface area (Å²) in [4.78, 5) is 30.5. The molecule has 0 aliphatic carbocycles. The molecule has 1 saturated heterocycles. The highest BCUT2D eigenvalue weighted by Crippen LogP contribution is 2.43. The molecule has 11 heteroatoms. The number of likely N-dealkylation sites (N-methyl/N-ethyl adjacent to an activating group) is 2. The van der Waals surface area contributed by atoms with Crippen LogP contribution in [0.2, 0.25) is 0 Å². The summed E-state index contributed by atoms with van der Waals surface area (Å²) >= 11 is 3.01. The van der Waals surface area contributed by atoms with Gasteiger partial charge in [-0.3, -0.25) is 19.4 Å². The number of hydrogen-bond acceptors (Lipinski definition) is 9. The Hall–Kier alpha value is -0.560. The smallest absolute Gasteiger partial charge is 0.239 e. The minimum atomic E-state index is -1.24. The van der Waals surface area contributed by atoms with Gasteiger partial charge in [0.2, 0.25) is 11.8 Å². The lowest BCUT2D eigenvalue weighted by molar-refractivity contribution is -0.146. The zero-order valence-electron chi connectivity index (χ0n) is 22.7. The van der Waals surface area contributed by atoms with E-state index in [1.54, 1.807) is 14.2 Å². The molecule has 34 heavy (non-hydrogen) atoms. The van der Waals surface area contributed by atoms with Crippen LogP contribution in [-0.4, -0.2) is 109 Å². The summed E-state index contributed by atoms with van der Waals surface area (Å²) in [6.45, 7) is 14.4. The lowest BCUT2D eigenvalue weighted by Crippen LogP contribution is -2.71. The number of rotatable bonds is 15. The minimum absolute atomic E-state index is 0.186. The van der Waals surface area contributed by atoms with Crippen molar-refractivity contribution >= 4 is 35.3 Å². The van der Waals surface area contributed by atoms with Crippen molar-refractivity contribution in [3.05, 3.63) is 0 Å². The number of methoxy groups -OCH3 is 2. The quantitative estimate of drug-likeness (QED) is 0.217. The van der Waals surface area contributed by atoms with Crippen molar-refractivity contribution in [3.8, 4) is 0 Å². The normalized spacial score (nSPS) is 20.2. The summed E-state index contributed by atoms with van der Waals surface area (Å²) in [5, 5.41) is 6.07. The van der Waals surface area contributed by atoms with E-state index in [-0.39, 0.29) is 5.91 Å². The summed E-state index contributed by atoms with van der Waals surface area (Å²) < 4.78 is 11.3.